The van der Waals surface area contributed by atoms with Crippen molar-refractivity contribution >= 4 is 11.9 Å². The quantitative estimate of drug-likeness (QED) is 0.741. The second kappa shape index (κ2) is 7.39. The van der Waals surface area contributed by atoms with E-state index in [1.54, 1.807) is 0 Å². The Morgan fingerprint density at radius 2 is 1.72 bits per heavy atom. The largest absolute Gasteiger partial charge is 0.481 e. The Morgan fingerprint density at radius 3 is 2.17 bits per heavy atom. The molecule has 1 saturated carbocycles. The van der Waals surface area contributed by atoms with Gasteiger partial charge < -0.3 is 10.4 Å². The molecule has 1 aliphatic carbocycles. The van der Waals surface area contributed by atoms with Crippen molar-refractivity contribution in [3.05, 3.63) is 0 Å². The van der Waals surface area contributed by atoms with Crippen molar-refractivity contribution in [3.8, 4) is 0 Å². The highest BCUT2D eigenvalue weighted by molar-refractivity contribution is 5.79. The SMILES string of the molecule is CC(C)C(CNC(=O)C1CCCCCC1)C(=O)O. The molecule has 0 aliphatic heterocycles. The number of carboxylic acid groups (broad SMARTS) is 1. The van der Waals surface area contributed by atoms with Crippen molar-refractivity contribution in [2.24, 2.45) is 17.8 Å². The molecule has 0 spiro atoms. The van der Waals surface area contributed by atoms with Crippen molar-refractivity contribution in [2.75, 3.05) is 6.54 Å². The first-order valence-corrected chi connectivity index (χ1v) is 7.03. The molecule has 1 aliphatic rings. The van der Waals surface area contributed by atoms with Crippen LogP contribution in [0.25, 0.3) is 0 Å². The molecule has 0 saturated heterocycles. The summed E-state index contributed by atoms with van der Waals surface area (Å²) in [6.07, 6.45) is 6.56. The van der Waals surface area contributed by atoms with Crippen molar-refractivity contribution in [3.63, 3.8) is 0 Å². The van der Waals surface area contributed by atoms with Crippen molar-refractivity contribution < 1.29 is 14.7 Å². The Balaban J connectivity index is 2.41. The predicted octanol–water partition coefficient (Wildman–Crippen LogP) is 2.43. The highest BCUT2D eigenvalue weighted by Crippen LogP contribution is 2.23. The van der Waals surface area contributed by atoms with E-state index in [1.165, 1.54) is 12.8 Å². The Kier molecular flexibility index (Phi) is 6.16. The summed E-state index contributed by atoms with van der Waals surface area (Å²) in [5.74, 6) is -1.14. The minimum absolute atomic E-state index is 0.0388. The lowest BCUT2D eigenvalue weighted by atomic mass is 9.95. The molecule has 0 radical (unpaired) electrons. The van der Waals surface area contributed by atoms with E-state index in [0.717, 1.165) is 25.7 Å². The molecule has 0 heterocycles. The summed E-state index contributed by atoms with van der Waals surface area (Å²) < 4.78 is 0. The minimum atomic E-state index is -0.828. The second-order valence-corrected chi connectivity index (χ2v) is 5.62. The highest BCUT2D eigenvalue weighted by atomic mass is 16.4. The number of carboxylic acids is 1. The van der Waals surface area contributed by atoms with Crippen LogP contribution in [0.3, 0.4) is 0 Å². The molecule has 4 heteroatoms. The molecule has 1 unspecified atom stereocenters. The van der Waals surface area contributed by atoms with Crippen LogP contribution in [0, 0.1) is 17.8 Å². The zero-order chi connectivity index (χ0) is 13.5. The number of carbonyl (C=O) groups is 2. The van der Waals surface area contributed by atoms with Crippen LogP contribution < -0.4 is 5.32 Å². The monoisotopic (exact) mass is 255 g/mol. The van der Waals surface area contributed by atoms with E-state index in [4.69, 9.17) is 5.11 Å². The molecule has 1 amide bonds. The molecule has 0 aromatic rings. The number of carbonyl (C=O) groups excluding carboxylic acids is 1. The van der Waals surface area contributed by atoms with Gasteiger partial charge in [-0.1, -0.05) is 39.5 Å². The first-order chi connectivity index (χ1) is 8.52. The summed E-state index contributed by atoms with van der Waals surface area (Å²) in [6, 6.07) is 0. The summed E-state index contributed by atoms with van der Waals surface area (Å²) in [4.78, 5) is 23.0. The maximum atomic E-state index is 12.0. The number of hydrogen-bond acceptors (Lipinski definition) is 2. The van der Waals surface area contributed by atoms with Crippen LogP contribution in [0.5, 0.6) is 0 Å². The fourth-order valence-corrected chi connectivity index (χ4v) is 2.50. The Morgan fingerprint density at radius 1 is 1.17 bits per heavy atom. The van der Waals surface area contributed by atoms with Gasteiger partial charge in [-0.25, -0.2) is 0 Å². The van der Waals surface area contributed by atoms with E-state index in [0.29, 0.717) is 0 Å². The van der Waals surface area contributed by atoms with Crippen LogP contribution in [0.4, 0.5) is 0 Å². The summed E-state index contributed by atoms with van der Waals surface area (Å²) >= 11 is 0. The second-order valence-electron chi connectivity index (χ2n) is 5.62. The molecule has 1 atom stereocenters. The molecule has 0 aromatic carbocycles. The highest BCUT2D eigenvalue weighted by Gasteiger charge is 2.24. The van der Waals surface area contributed by atoms with E-state index in [9.17, 15) is 9.59 Å². The van der Waals surface area contributed by atoms with Gasteiger partial charge in [0, 0.05) is 12.5 Å². The first kappa shape index (κ1) is 15.0. The minimum Gasteiger partial charge on any atom is -0.481 e. The van der Waals surface area contributed by atoms with Gasteiger partial charge in [0.15, 0.2) is 0 Å². The molecule has 18 heavy (non-hydrogen) atoms. The molecule has 1 rings (SSSR count). The zero-order valence-corrected chi connectivity index (χ0v) is 11.4. The average Bonchev–Trinajstić information content (AvgIpc) is 2.56. The standard InChI is InChI=1S/C14H25NO3/c1-10(2)12(14(17)18)9-15-13(16)11-7-5-3-4-6-8-11/h10-12H,3-9H2,1-2H3,(H,15,16)(H,17,18). The fraction of sp³-hybridized carbons (Fsp3) is 0.857. The van der Waals surface area contributed by atoms with Gasteiger partial charge in [-0.2, -0.15) is 0 Å². The lowest BCUT2D eigenvalue weighted by Crippen LogP contribution is -2.38. The lowest BCUT2D eigenvalue weighted by Gasteiger charge is -2.19. The van der Waals surface area contributed by atoms with Crippen LogP contribution in [-0.2, 0) is 9.59 Å². The number of amides is 1. The van der Waals surface area contributed by atoms with Crippen LogP contribution in [0.2, 0.25) is 0 Å². The van der Waals surface area contributed by atoms with Gasteiger partial charge >= 0.3 is 5.97 Å². The molecule has 4 nitrogen and oxygen atoms in total. The molecular weight excluding hydrogens is 230 g/mol. The smallest absolute Gasteiger partial charge is 0.308 e. The van der Waals surface area contributed by atoms with Crippen molar-refractivity contribution in [1.82, 2.24) is 5.32 Å². The third-order valence-corrected chi connectivity index (χ3v) is 3.84. The van der Waals surface area contributed by atoms with E-state index in [2.05, 4.69) is 5.32 Å². The number of hydrogen-bond donors (Lipinski definition) is 2. The summed E-state index contributed by atoms with van der Waals surface area (Å²) in [5.41, 5.74) is 0. The summed E-state index contributed by atoms with van der Waals surface area (Å²) in [7, 11) is 0. The van der Waals surface area contributed by atoms with Gasteiger partial charge in [0.1, 0.15) is 0 Å². The van der Waals surface area contributed by atoms with Gasteiger partial charge in [-0.05, 0) is 18.8 Å². The van der Waals surface area contributed by atoms with Gasteiger partial charge in [0.05, 0.1) is 5.92 Å². The van der Waals surface area contributed by atoms with Crippen LogP contribution in [-0.4, -0.2) is 23.5 Å². The van der Waals surface area contributed by atoms with E-state index >= 15 is 0 Å². The Hall–Kier alpha value is -1.06. The maximum absolute atomic E-state index is 12.0. The molecule has 2 N–H and O–H groups in total. The Labute approximate surface area is 109 Å². The summed E-state index contributed by atoms with van der Waals surface area (Å²) in [5, 5.41) is 11.9. The van der Waals surface area contributed by atoms with Gasteiger partial charge in [0.25, 0.3) is 0 Å². The third-order valence-electron chi connectivity index (χ3n) is 3.84. The lowest BCUT2D eigenvalue weighted by molar-refractivity contribution is -0.143. The van der Waals surface area contributed by atoms with Gasteiger partial charge in [-0.15, -0.1) is 0 Å². The van der Waals surface area contributed by atoms with Crippen LogP contribution in [0.15, 0.2) is 0 Å². The number of aliphatic carboxylic acids is 1. The molecular formula is C14H25NO3. The number of nitrogens with one attached hydrogen (secondary N) is 1. The normalized spacial score (nSPS) is 19.3. The van der Waals surface area contributed by atoms with Gasteiger partial charge in [0.2, 0.25) is 5.91 Å². The topological polar surface area (TPSA) is 66.4 Å². The predicted molar refractivity (Wildman–Crippen MR) is 70.2 cm³/mol. The maximum Gasteiger partial charge on any atom is 0.308 e. The van der Waals surface area contributed by atoms with Crippen LogP contribution in [0.1, 0.15) is 52.4 Å². The van der Waals surface area contributed by atoms with Crippen molar-refractivity contribution in [1.29, 1.82) is 0 Å². The average molecular weight is 255 g/mol. The molecule has 1 fully saturated rings. The van der Waals surface area contributed by atoms with Crippen LogP contribution >= 0.6 is 0 Å². The molecule has 0 bridgehead atoms. The third kappa shape index (κ3) is 4.67. The van der Waals surface area contributed by atoms with E-state index in [1.807, 2.05) is 13.8 Å². The first-order valence-electron chi connectivity index (χ1n) is 7.03. The molecule has 104 valence electrons. The van der Waals surface area contributed by atoms with E-state index in [-0.39, 0.29) is 24.3 Å². The zero-order valence-electron chi connectivity index (χ0n) is 11.4. The van der Waals surface area contributed by atoms with Crippen molar-refractivity contribution in [2.45, 2.75) is 52.4 Å². The molecule has 0 aromatic heterocycles. The Bertz CT molecular complexity index is 281. The fourth-order valence-electron chi connectivity index (χ4n) is 2.50. The number of rotatable bonds is 5. The van der Waals surface area contributed by atoms with E-state index < -0.39 is 11.9 Å². The summed E-state index contributed by atoms with van der Waals surface area (Å²) in [6.45, 7) is 4.00. The van der Waals surface area contributed by atoms with Gasteiger partial charge in [-0.3, -0.25) is 9.59 Å².